The lowest BCUT2D eigenvalue weighted by Crippen LogP contribution is -2.40. The highest BCUT2D eigenvalue weighted by molar-refractivity contribution is 5.77. The number of carbonyl (C=O) groups is 1. The molecule has 0 spiro atoms. The van der Waals surface area contributed by atoms with Crippen molar-refractivity contribution in [3.05, 3.63) is 0 Å². The van der Waals surface area contributed by atoms with Crippen LogP contribution in [0.1, 0.15) is 32.1 Å². The Morgan fingerprint density at radius 2 is 2.20 bits per heavy atom. The van der Waals surface area contributed by atoms with Crippen LogP contribution >= 0.6 is 0 Å². The fraction of sp³-hybridized carbons (Fsp3) is 0.909. The zero-order chi connectivity index (χ0) is 10.7. The Morgan fingerprint density at radius 3 is 2.73 bits per heavy atom. The molecule has 0 aromatic carbocycles. The molecule has 0 aromatic heterocycles. The average Bonchev–Trinajstić information content (AvgIpc) is 2.87. The number of carboxylic acid groups (broad SMARTS) is 1. The van der Waals surface area contributed by atoms with Crippen LogP contribution in [0.5, 0.6) is 0 Å². The topological polar surface area (TPSA) is 55.8 Å². The van der Waals surface area contributed by atoms with Crippen molar-refractivity contribution in [1.82, 2.24) is 0 Å². The van der Waals surface area contributed by atoms with E-state index in [0.29, 0.717) is 25.4 Å². The van der Waals surface area contributed by atoms with Crippen molar-refractivity contribution in [1.29, 1.82) is 0 Å². The third kappa shape index (κ3) is 2.32. The molecule has 1 saturated carbocycles. The summed E-state index contributed by atoms with van der Waals surface area (Å²) in [5.41, 5.74) is -0.886. The molecule has 0 amide bonds. The first kappa shape index (κ1) is 10.9. The molecule has 1 N–H and O–H groups in total. The fourth-order valence-electron chi connectivity index (χ4n) is 2.36. The van der Waals surface area contributed by atoms with E-state index in [1.54, 1.807) is 0 Å². The summed E-state index contributed by atoms with van der Waals surface area (Å²) < 4.78 is 10.9. The van der Waals surface area contributed by atoms with E-state index in [-0.39, 0.29) is 0 Å². The van der Waals surface area contributed by atoms with E-state index in [1.807, 2.05) is 0 Å². The summed E-state index contributed by atoms with van der Waals surface area (Å²) in [7, 11) is 0. The summed E-state index contributed by atoms with van der Waals surface area (Å²) in [5.74, 6) is -0.402. The van der Waals surface area contributed by atoms with Gasteiger partial charge in [0.25, 0.3) is 0 Å². The highest BCUT2D eigenvalue weighted by Gasteiger charge is 2.42. The number of rotatable bonds is 4. The molecule has 0 bridgehead atoms. The van der Waals surface area contributed by atoms with Gasteiger partial charge < -0.3 is 14.6 Å². The van der Waals surface area contributed by atoms with Gasteiger partial charge >= 0.3 is 5.97 Å². The van der Waals surface area contributed by atoms with E-state index < -0.39 is 11.6 Å². The maximum absolute atomic E-state index is 11.2. The zero-order valence-electron chi connectivity index (χ0n) is 8.91. The predicted octanol–water partition coefficient (Wildman–Crippen LogP) is 1.44. The molecule has 1 saturated heterocycles. The second kappa shape index (κ2) is 4.49. The quantitative estimate of drug-likeness (QED) is 0.769. The van der Waals surface area contributed by atoms with Crippen molar-refractivity contribution in [2.24, 2.45) is 5.92 Å². The third-order valence-corrected chi connectivity index (χ3v) is 3.42. The van der Waals surface area contributed by atoms with Gasteiger partial charge in [0.1, 0.15) is 0 Å². The number of hydrogen-bond donors (Lipinski definition) is 1. The molecule has 1 aliphatic heterocycles. The van der Waals surface area contributed by atoms with Crippen LogP contribution in [0.25, 0.3) is 0 Å². The minimum absolute atomic E-state index is 0.391. The summed E-state index contributed by atoms with van der Waals surface area (Å²) in [6.07, 6.45) is 4.25. The molecule has 2 fully saturated rings. The summed E-state index contributed by atoms with van der Waals surface area (Å²) in [6.45, 7) is 2.04. The maximum Gasteiger partial charge on any atom is 0.335 e. The Kier molecular flexibility index (Phi) is 3.26. The minimum atomic E-state index is -0.886. The summed E-state index contributed by atoms with van der Waals surface area (Å²) in [6, 6.07) is 0. The van der Waals surface area contributed by atoms with E-state index in [9.17, 15) is 9.90 Å². The number of carboxylic acids is 1. The Labute approximate surface area is 89.6 Å². The van der Waals surface area contributed by atoms with Gasteiger partial charge in [0.05, 0.1) is 13.2 Å². The van der Waals surface area contributed by atoms with Crippen LogP contribution < -0.4 is 0 Å². The van der Waals surface area contributed by atoms with Crippen LogP contribution in [0.4, 0.5) is 0 Å². The Morgan fingerprint density at radius 1 is 1.47 bits per heavy atom. The van der Waals surface area contributed by atoms with Crippen molar-refractivity contribution >= 4 is 5.97 Å². The lowest BCUT2D eigenvalue weighted by atomic mass is 10.0. The first-order chi connectivity index (χ1) is 7.23. The molecule has 1 unspecified atom stereocenters. The largest absolute Gasteiger partial charge is 0.479 e. The van der Waals surface area contributed by atoms with E-state index in [4.69, 9.17) is 9.47 Å². The monoisotopic (exact) mass is 214 g/mol. The Balaban J connectivity index is 1.86. The molecule has 0 radical (unpaired) electrons. The van der Waals surface area contributed by atoms with Gasteiger partial charge in [0.15, 0.2) is 5.60 Å². The first-order valence-electron chi connectivity index (χ1n) is 5.68. The van der Waals surface area contributed by atoms with Crippen molar-refractivity contribution in [2.45, 2.75) is 37.7 Å². The molecule has 86 valence electrons. The number of aliphatic carboxylic acids is 1. The van der Waals surface area contributed by atoms with Gasteiger partial charge in [0.2, 0.25) is 0 Å². The maximum atomic E-state index is 11.2. The molecule has 1 atom stereocenters. The molecule has 0 aromatic rings. The number of hydrogen-bond acceptors (Lipinski definition) is 3. The predicted molar refractivity (Wildman–Crippen MR) is 53.7 cm³/mol. The van der Waals surface area contributed by atoms with Crippen molar-refractivity contribution in [3.8, 4) is 0 Å². The molecular weight excluding hydrogens is 196 g/mol. The molecule has 1 aliphatic carbocycles. The summed E-state index contributed by atoms with van der Waals surface area (Å²) in [5, 5.41) is 9.18. The lowest BCUT2D eigenvalue weighted by Gasteiger charge is -2.25. The van der Waals surface area contributed by atoms with Crippen LogP contribution in [0, 0.1) is 5.92 Å². The smallest absolute Gasteiger partial charge is 0.335 e. The van der Waals surface area contributed by atoms with Gasteiger partial charge in [-0.1, -0.05) is 0 Å². The third-order valence-electron chi connectivity index (χ3n) is 3.42. The normalized spacial score (nSPS) is 29.5. The molecule has 4 heteroatoms. The van der Waals surface area contributed by atoms with Gasteiger partial charge in [-0.3, -0.25) is 0 Å². The van der Waals surface area contributed by atoms with Gasteiger partial charge in [-0.2, -0.15) is 0 Å². The van der Waals surface area contributed by atoms with Gasteiger partial charge in [-0.05, 0) is 32.1 Å². The zero-order valence-corrected chi connectivity index (χ0v) is 8.91. The Bertz CT molecular complexity index is 227. The van der Waals surface area contributed by atoms with Crippen LogP contribution in [0.15, 0.2) is 0 Å². The summed E-state index contributed by atoms with van der Waals surface area (Å²) >= 11 is 0. The Hall–Kier alpha value is -0.610. The highest BCUT2D eigenvalue weighted by Crippen LogP contribution is 2.34. The second-order valence-electron chi connectivity index (χ2n) is 4.55. The summed E-state index contributed by atoms with van der Waals surface area (Å²) in [4.78, 5) is 11.2. The molecule has 2 rings (SSSR count). The first-order valence-corrected chi connectivity index (χ1v) is 5.68. The van der Waals surface area contributed by atoms with E-state index >= 15 is 0 Å². The van der Waals surface area contributed by atoms with Crippen molar-refractivity contribution in [2.75, 3.05) is 19.8 Å². The molecule has 2 aliphatic rings. The molecular formula is C11H18O4. The van der Waals surface area contributed by atoms with Crippen LogP contribution in [0.3, 0.4) is 0 Å². The average molecular weight is 214 g/mol. The fourth-order valence-corrected chi connectivity index (χ4v) is 2.36. The lowest BCUT2D eigenvalue weighted by molar-refractivity contribution is -0.167. The van der Waals surface area contributed by atoms with E-state index in [0.717, 1.165) is 32.5 Å². The van der Waals surface area contributed by atoms with Crippen LogP contribution in [0.2, 0.25) is 0 Å². The standard InChI is InChI=1S/C11H18O4/c12-10(13)11(4-1-2-5-11)15-8-9-3-6-14-7-9/h9H,1-8H2,(H,12,13). The highest BCUT2D eigenvalue weighted by atomic mass is 16.5. The molecule has 1 heterocycles. The van der Waals surface area contributed by atoms with Crippen LogP contribution in [-0.4, -0.2) is 36.5 Å². The molecule has 15 heavy (non-hydrogen) atoms. The van der Waals surface area contributed by atoms with Gasteiger partial charge in [-0.15, -0.1) is 0 Å². The minimum Gasteiger partial charge on any atom is -0.479 e. The SMILES string of the molecule is O=C(O)C1(OCC2CCOC2)CCCC1. The second-order valence-corrected chi connectivity index (χ2v) is 4.55. The van der Waals surface area contributed by atoms with E-state index in [1.165, 1.54) is 0 Å². The van der Waals surface area contributed by atoms with Gasteiger partial charge in [0, 0.05) is 12.5 Å². The molecule has 4 nitrogen and oxygen atoms in total. The van der Waals surface area contributed by atoms with Crippen molar-refractivity contribution in [3.63, 3.8) is 0 Å². The van der Waals surface area contributed by atoms with E-state index in [2.05, 4.69) is 0 Å². The number of ether oxygens (including phenoxy) is 2. The van der Waals surface area contributed by atoms with Gasteiger partial charge in [-0.25, -0.2) is 4.79 Å². The van der Waals surface area contributed by atoms with Crippen molar-refractivity contribution < 1.29 is 19.4 Å². The van der Waals surface area contributed by atoms with Crippen LogP contribution in [-0.2, 0) is 14.3 Å².